The van der Waals surface area contributed by atoms with Gasteiger partial charge in [0.05, 0.1) is 19.7 Å². The van der Waals surface area contributed by atoms with Gasteiger partial charge in [0.2, 0.25) is 0 Å². The highest BCUT2D eigenvalue weighted by atomic mass is 16.5. The summed E-state index contributed by atoms with van der Waals surface area (Å²) >= 11 is 0. The van der Waals surface area contributed by atoms with Crippen molar-refractivity contribution < 1.29 is 9.47 Å². The molecule has 0 amide bonds. The van der Waals surface area contributed by atoms with Crippen LogP contribution in [-0.4, -0.2) is 29.2 Å². The summed E-state index contributed by atoms with van der Waals surface area (Å²) in [5, 5.41) is 3.34. The number of anilines is 2. The van der Waals surface area contributed by atoms with Gasteiger partial charge in [-0.25, -0.2) is 9.97 Å². The summed E-state index contributed by atoms with van der Waals surface area (Å²) in [6, 6.07) is 16.0. The number of rotatable bonds is 6. The Bertz CT molecular complexity index is 1150. The Kier molecular flexibility index (Phi) is 5.08. The van der Waals surface area contributed by atoms with Crippen molar-refractivity contribution >= 4 is 22.5 Å². The summed E-state index contributed by atoms with van der Waals surface area (Å²) in [6.45, 7) is 4.37. The van der Waals surface area contributed by atoms with Crippen molar-refractivity contribution in [2.75, 3.05) is 19.5 Å². The molecule has 0 radical (unpaired) electrons. The summed E-state index contributed by atoms with van der Waals surface area (Å²) in [5.41, 5.74) is 4.89. The Labute approximate surface area is 169 Å². The van der Waals surface area contributed by atoms with Crippen LogP contribution in [0.4, 0.5) is 11.5 Å². The highest BCUT2D eigenvalue weighted by Crippen LogP contribution is 2.32. The van der Waals surface area contributed by atoms with E-state index in [1.807, 2.05) is 24.3 Å². The van der Waals surface area contributed by atoms with E-state index in [9.17, 15) is 0 Å². The van der Waals surface area contributed by atoms with Crippen LogP contribution in [0.2, 0.25) is 0 Å². The number of methoxy groups -OCH3 is 2. The van der Waals surface area contributed by atoms with Crippen LogP contribution in [0.1, 0.15) is 25.3 Å². The predicted octanol–water partition coefficient (Wildman–Crippen LogP) is 5.51. The van der Waals surface area contributed by atoms with Gasteiger partial charge in [-0.15, -0.1) is 0 Å². The molecular weight excluding hydrogens is 364 g/mol. The molecule has 0 aliphatic rings. The van der Waals surface area contributed by atoms with Crippen molar-refractivity contribution in [2.24, 2.45) is 0 Å². The molecule has 0 saturated heterocycles. The number of aromatic amines is 1. The van der Waals surface area contributed by atoms with Gasteiger partial charge in [0.15, 0.2) is 17.3 Å². The quantitative estimate of drug-likeness (QED) is 0.456. The predicted molar refractivity (Wildman–Crippen MR) is 116 cm³/mol. The van der Waals surface area contributed by atoms with E-state index in [-0.39, 0.29) is 0 Å². The number of imidazole rings is 1. The average Bonchev–Trinajstić information content (AvgIpc) is 3.19. The molecule has 0 spiro atoms. The number of aromatic nitrogens is 3. The first-order valence-corrected chi connectivity index (χ1v) is 9.53. The molecule has 0 unspecified atom stereocenters. The second kappa shape index (κ2) is 7.83. The minimum atomic E-state index is 0.461. The molecule has 0 aliphatic carbocycles. The lowest BCUT2D eigenvalue weighted by atomic mass is 10.0. The monoisotopic (exact) mass is 388 g/mol. The second-order valence-electron chi connectivity index (χ2n) is 7.12. The Balaban J connectivity index is 1.71. The number of benzene rings is 2. The van der Waals surface area contributed by atoms with Gasteiger partial charge in [0.25, 0.3) is 0 Å². The van der Waals surface area contributed by atoms with E-state index in [1.54, 1.807) is 20.4 Å². The number of ether oxygens (including phenoxy) is 2. The highest BCUT2D eigenvalue weighted by Gasteiger charge is 2.12. The van der Waals surface area contributed by atoms with Crippen LogP contribution in [0.3, 0.4) is 0 Å². The summed E-state index contributed by atoms with van der Waals surface area (Å²) in [4.78, 5) is 12.7. The van der Waals surface area contributed by atoms with Crippen molar-refractivity contribution in [3.05, 3.63) is 60.3 Å². The fraction of sp³-hybridized carbons (Fsp3) is 0.217. The second-order valence-corrected chi connectivity index (χ2v) is 7.12. The maximum atomic E-state index is 5.39. The van der Waals surface area contributed by atoms with E-state index >= 15 is 0 Å². The summed E-state index contributed by atoms with van der Waals surface area (Å²) < 4.78 is 10.7. The van der Waals surface area contributed by atoms with Crippen LogP contribution in [-0.2, 0) is 0 Å². The summed E-state index contributed by atoms with van der Waals surface area (Å²) in [6.07, 6.45) is 1.76. The molecule has 2 aromatic carbocycles. The van der Waals surface area contributed by atoms with Crippen LogP contribution in [0.25, 0.3) is 22.4 Å². The van der Waals surface area contributed by atoms with Crippen molar-refractivity contribution in [3.8, 4) is 22.9 Å². The molecular formula is C23H24N4O2. The molecule has 4 rings (SSSR count). The smallest absolute Gasteiger partial charge is 0.162 e. The van der Waals surface area contributed by atoms with Gasteiger partial charge in [-0.2, -0.15) is 0 Å². The van der Waals surface area contributed by atoms with Gasteiger partial charge in [-0.05, 0) is 35.7 Å². The van der Waals surface area contributed by atoms with E-state index in [1.165, 1.54) is 5.56 Å². The van der Waals surface area contributed by atoms with Crippen molar-refractivity contribution in [1.82, 2.24) is 15.0 Å². The molecule has 6 nitrogen and oxygen atoms in total. The lowest BCUT2D eigenvalue weighted by molar-refractivity contribution is 0.355. The van der Waals surface area contributed by atoms with Gasteiger partial charge in [-0.3, -0.25) is 0 Å². The Morgan fingerprint density at radius 3 is 2.55 bits per heavy atom. The lowest BCUT2D eigenvalue weighted by Gasteiger charge is -2.11. The standard InChI is InChI=1S/C23H24N4O2/c1-14(2)15-6-5-7-16(12-15)22-26-18-10-11-24-23(21(18)27-22)25-17-8-9-19(28-3)20(13-17)29-4/h5-14H,1-4H3,(H,24,25)(H,26,27). The number of H-pyrrole nitrogens is 1. The SMILES string of the molecule is COc1ccc(Nc2nccc3[nH]c(-c4cccc(C(C)C)c4)nc23)cc1OC. The summed E-state index contributed by atoms with van der Waals surface area (Å²) in [5.74, 6) is 3.29. The third-order valence-electron chi connectivity index (χ3n) is 4.87. The normalized spacial score (nSPS) is 11.1. The Hall–Kier alpha value is -3.54. The molecule has 2 aromatic heterocycles. The minimum absolute atomic E-state index is 0.461. The van der Waals surface area contributed by atoms with Gasteiger partial charge in [-0.1, -0.05) is 32.0 Å². The lowest BCUT2D eigenvalue weighted by Crippen LogP contribution is -1.96. The number of nitrogens with zero attached hydrogens (tertiary/aromatic N) is 2. The topological polar surface area (TPSA) is 72.1 Å². The van der Waals surface area contributed by atoms with E-state index in [4.69, 9.17) is 14.5 Å². The third kappa shape index (κ3) is 3.74. The molecule has 0 atom stereocenters. The minimum Gasteiger partial charge on any atom is -0.493 e. The molecule has 0 saturated carbocycles. The average molecular weight is 388 g/mol. The maximum absolute atomic E-state index is 5.39. The molecule has 0 aliphatic heterocycles. The third-order valence-corrected chi connectivity index (χ3v) is 4.87. The van der Waals surface area contributed by atoms with Gasteiger partial charge >= 0.3 is 0 Å². The largest absolute Gasteiger partial charge is 0.493 e. The van der Waals surface area contributed by atoms with Crippen molar-refractivity contribution in [2.45, 2.75) is 19.8 Å². The number of pyridine rings is 1. The van der Waals surface area contributed by atoms with Crippen LogP contribution < -0.4 is 14.8 Å². The van der Waals surface area contributed by atoms with Crippen molar-refractivity contribution in [1.29, 1.82) is 0 Å². The molecule has 148 valence electrons. The molecule has 6 heteroatoms. The van der Waals surface area contributed by atoms with Crippen LogP contribution in [0.5, 0.6) is 11.5 Å². The molecule has 0 fully saturated rings. The molecule has 4 aromatic rings. The van der Waals surface area contributed by atoms with Crippen LogP contribution >= 0.6 is 0 Å². The van der Waals surface area contributed by atoms with Crippen LogP contribution in [0.15, 0.2) is 54.7 Å². The van der Waals surface area contributed by atoms with E-state index in [2.05, 4.69) is 53.4 Å². The Morgan fingerprint density at radius 1 is 0.966 bits per heavy atom. The molecule has 0 bridgehead atoms. The first-order chi connectivity index (χ1) is 14.1. The van der Waals surface area contributed by atoms with Gasteiger partial charge in [0.1, 0.15) is 11.3 Å². The molecule has 2 N–H and O–H groups in total. The molecule has 2 heterocycles. The fourth-order valence-electron chi connectivity index (χ4n) is 3.26. The fourth-order valence-corrected chi connectivity index (χ4v) is 3.26. The number of fused-ring (bicyclic) bond motifs is 1. The number of hydrogen-bond acceptors (Lipinski definition) is 5. The zero-order chi connectivity index (χ0) is 20.4. The zero-order valence-electron chi connectivity index (χ0n) is 17.0. The first kappa shape index (κ1) is 18.8. The van der Waals surface area contributed by atoms with E-state index < -0.39 is 0 Å². The number of hydrogen-bond donors (Lipinski definition) is 2. The summed E-state index contributed by atoms with van der Waals surface area (Å²) in [7, 11) is 3.23. The maximum Gasteiger partial charge on any atom is 0.162 e. The van der Waals surface area contributed by atoms with Crippen LogP contribution in [0, 0.1) is 0 Å². The van der Waals surface area contributed by atoms with E-state index in [0.29, 0.717) is 23.2 Å². The van der Waals surface area contributed by atoms with Gasteiger partial charge in [0, 0.05) is 23.5 Å². The first-order valence-electron chi connectivity index (χ1n) is 9.53. The van der Waals surface area contributed by atoms with E-state index in [0.717, 1.165) is 28.1 Å². The highest BCUT2D eigenvalue weighted by molar-refractivity contribution is 5.90. The Morgan fingerprint density at radius 2 is 1.79 bits per heavy atom. The zero-order valence-corrected chi connectivity index (χ0v) is 17.0. The van der Waals surface area contributed by atoms with Crippen molar-refractivity contribution in [3.63, 3.8) is 0 Å². The van der Waals surface area contributed by atoms with Gasteiger partial charge < -0.3 is 19.8 Å². The molecule has 29 heavy (non-hydrogen) atoms. The number of nitrogens with one attached hydrogen (secondary N) is 2.